The van der Waals surface area contributed by atoms with E-state index in [0.29, 0.717) is 5.89 Å². The summed E-state index contributed by atoms with van der Waals surface area (Å²) < 4.78 is 6.13. The van der Waals surface area contributed by atoms with Crippen molar-refractivity contribution in [3.05, 3.63) is 194 Å². The molecule has 9 rings (SSSR count). The molecule has 1 heterocycles. The van der Waals surface area contributed by atoms with Crippen LogP contribution in [0.3, 0.4) is 0 Å². The molecule has 0 saturated carbocycles. The Morgan fingerprint density at radius 1 is 0.360 bits per heavy atom. The number of hydrogen-bond acceptors (Lipinski definition) is 3. The topological polar surface area (TPSA) is 29.3 Å². The average molecular weight is 641 g/mol. The summed E-state index contributed by atoms with van der Waals surface area (Å²) in [6.45, 7) is 0. The van der Waals surface area contributed by atoms with E-state index < -0.39 is 0 Å². The van der Waals surface area contributed by atoms with Gasteiger partial charge >= 0.3 is 0 Å². The highest BCUT2D eigenvalue weighted by Gasteiger charge is 2.15. The van der Waals surface area contributed by atoms with Gasteiger partial charge in [0, 0.05) is 28.0 Å². The Morgan fingerprint density at radius 3 is 1.28 bits per heavy atom. The minimum absolute atomic E-state index is 0.640. The molecule has 0 unspecified atom stereocenters. The minimum Gasteiger partial charge on any atom is -0.436 e. The van der Waals surface area contributed by atoms with Crippen molar-refractivity contribution >= 4 is 38.9 Å². The van der Waals surface area contributed by atoms with Crippen molar-refractivity contribution in [3.8, 4) is 44.8 Å². The third kappa shape index (κ3) is 5.61. The fourth-order valence-electron chi connectivity index (χ4n) is 6.72. The number of oxazole rings is 1. The lowest BCUT2D eigenvalue weighted by molar-refractivity contribution is 0.620. The molecule has 0 N–H and O–H groups in total. The molecule has 0 aliphatic heterocycles. The highest BCUT2D eigenvalue weighted by molar-refractivity contribution is 6.05. The van der Waals surface area contributed by atoms with Crippen molar-refractivity contribution in [2.24, 2.45) is 0 Å². The van der Waals surface area contributed by atoms with Crippen LogP contribution >= 0.6 is 0 Å². The molecule has 0 atom stereocenters. The number of aromatic nitrogens is 1. The van der Waals surface area contributed by atoms with E-state index in [-0.39, 0.29) is 0 Å². The molecule has 0 fully saturated rings. The second-order valence-corrected chi connectivity index (χ2v) is 12.4. The first-order valence-electron chi connectivity index (χ1n) is 16.9. The summed E-state index contributed by atoms with van der Waals surface area (Å²) in [4.78, 5) is 7.19. The van der Waals surface area contributed by atoms with Crippen LogP contribution in [0.25, 0.3) is 66.7 Å². The SMILES string of the molecule is c1ccc(-c2ccc(N(c3ccc(-c4ccccc4)cc3)c3ccc(-c4ccc5c(ccc6oc(-c7ccccc7)nc65)c4)cc3)cc2)cc1. The molecule has 0 amide bonds. The van der Waals surface area contributed by atoms with Gasteiger partial charge in [-0.15, -0.1) is 0 Å². The standard InChI is InChI=1S/C47H32N2O/c1-4-10-33(11-5-1)35-16-24-41(25-17-35)49(42-26-18-36(19-27-42)34-12-6-2-7-13-34)43-28-20-37(21-29-43)39-22-30-44-40(32-39)23-31-45-46(44)48-47(50-45)38-14-8-3-9-15-38/h1-32H. The van der Waals surface area contributed by atoms with Gasteiger partial charge in [0.25, 0.3) is 0 Å². The van der Waals surface area contributed by atoms with Crippen LogP contribution < -0.4 is 4.90 Å². The summed E-state index contributed by atoms with van der Waals surface area (Å²) >= 11 is 0. The highest BCUT2D eigenvalue weighted by atomic mass is 16.3. The summed E-state index contributed by atoms with van der Waals surface area (Å²) in [7, 11) is 0. The van der Waals surface area contributed by atoms with Gasteiger partial charge in [-0.2, -0.15) is 0 Å². The number of hydrogen-bond donors (Lipinski definition) is 0. The molecule has 0 bridgehead atoms. The fraction of sp³-hybridized carbons (Fsp3) is 0. The predicted molar refractivity (Wildman–Crippen MR) is 208 cm³/mol. The second kappa shape index (κ2) is 12.7. The van der Waals surface area contributed by atoms with Gasteiger partial charge in [0.1, 0.15) is 5.52 Å². The van der Waals surface area contributed by atoms with E-state index in [1.165, 1.54) is 22.3 Å². The Balaban J connectivity index is 1.06. The molecule has 8 aromatic carbocycles. The van der Waals surface area contributed by atoms with E-state index in [0.717, 1.165) is 55.6 Å². The molecule has 0 saturated heterocycles. The number of benzene rings is 8. The lowest BCUT2D eigenvalue weighted by atomic mass is 10.00. The minimum atomic E-state index is 0.640. The maximum atomic E-state index is 6.13. The number of fused-ring (bicyclic) bond motifs is 3. The maximum Gasteiger partial charge on any atom is 0.227 e. The molecular weight excluding hydrogens is 609 g/mol. The van der Waals surface area contributed by atoms with Gasteiger partial charge in [-0.05, 0) is 99.4 Å². The molecule has 9 aromatic rings. The smallest absolute Gasteiger partial charge is 0.227 e. The van der Waals surface area contributed by atoms with E-state index in [1.54, 1.807) is 0 Å². The summed E-state index contributed by atoms with van der Waals surface area (Å²) in [6, 6.07) is 68.3. The second-order valence-electron chi connectivity index (χ2n) is 12.4. The van der Waals surface area contributed by atoms with E-state index in [1.807, 2.05) is 36.4 Å². The molecule has 3 nitrogen and oxygen atoms in total. The molecule has 50 heavy (non-hydrogen) atoms. The fourth-order valence-corrected chi connectivity index (χ4v) is 6.72. The monoisotopic (exact) mass is 640 g/mol. The van der Waals surface area contributed by atoms with E-state index in [4.69, 9.17) is 9.40 Å². The van der Waals surface area contributed by atoms with Gasteiger partial charge < -0.3 is 9.32 Å². The molecular formula is C47H32N2O. The summed E-state index contributed by atoms with van der Waals surface area (Å²) in [5, 5.41) is 2.21. The normalized spacial score (nSPS) is 11.2. The molecule has 0 aliphatic rings. The van der Waals surface area contributed by atoms with Crippen LogP contribution in [-0.2, 0) is 0 Å². The first kappa shape index (κ1) is 29.4. The van der Waals surface area contributed by atoms with E-state index >= 15 is 0 Å². The van der Waals surface area contributed by atoms with Gasteiger partial charge in [0.2, 0.25) is 5.89 Å². The first-order valence-corrected chi connectivity index (χ1v) is 16.9. The van der Waals surface area contributed by atoms with Crippen LogP contribution in [0.4, 0.5) is 17.1 Å². The van der Waals surface area contributed by atoms with Crippen LogP contribution in [0, 0.1) is 0 Å². The average Bonchev–Trinajstić information content (AvgIpc) is 3.65. The zero-order valence-corrected chi connectivity index (χ0v) is 27.3. The van der Waals surface area contributed by atoms with Crippen molar-refractivity contribution in [2.75, 3.05) is 4.90 Å². The van der Waals surface area contributed by atoms with Gasteiger partial charge in [0.15, 0.2) is 5.58 Å². The molecule has 1 aromatic heterocycles. The Kier molecular flexibility index (Phi) is 7.49. The predicted octanol–water partition coefficient (Wildman–Crippen LogP) is 13.1. The lowest BCUT2D eigenvalue weighted by Crippen LogP contribution is -2.09. The van der Waals surface area contributed by atoms with Gasteiger partial charge in [-0.3, -0.25) is 0 Å². The van der Waals surface area contributed by atoms with Crippen molar-refractivity contribution in [1.29, 1.82) is 0 Å². The Morgan fingerprint density at radius 2 is 0.780 bits per heavy atom. The molecule has 0 aliphatic carbocycles. The Hall–Kier alpha value is -6.71. The van der Waals surface area contributed by atoms with Crippen molar-refractivity contribution in [3.63, 3.8) is 0 Å². The van der Waals surface area contributed by atoms with Crippen LogP contribution in [0.2, 0.25) is 0 Å². The number of rotatable bonds is 7. The molecule has 0 radical (unpaired) electrons. The van der Waals surface area contributed by atoms with Gasteiger partial charge in [-0.1, -0.05) is 133 Å². The van der Waals surface area contributed by atoms with Crippen LogP contribution in [0.5, 0.6) is 0 Å². The molecule has 236 valence electrons. The number of nitrogens with zero attached hydrogens (tertiary/aromatic N) is 2. The Labute approximate surface area is 291 Å². The Bertz CT molecular complexity index is 2460. The largest absolute Gasteiger partial charge is 0.436 e. The third-order valence-corrected chi connectivity index (χ3v) is 9.32. The summed E-state index contributed by atoms with van der Waals surface area (Å²) in [6.07, 6.45) is 0. The quantitative estimate of drug-likeness (QED) is 0.174. The van der Waals surface area contributed by atoms with Gasteiger partial charge in [0.05, 0.1) is 0 Å². The molecule has 3 heteroatoms. The van der Waals surface area contributed by atoms with Crippen molar-refractivity contribution < 1.29 is 4.42 Å². The first-order chi connectivity index (χ1) is 24.8. The van der Waals surface area contributed by atoms with Crippen LogP contribution in [0.15, 0.2) is 199 Å². The summed E-state index contributed by atoms with van der Waals surface area (Å²) in [5.41, 5.74) is 13.0. The van der Waals surface area contributed by atoms with Crippen molar-refractivity contribution in [1.82, 2.24) is 4.98 Å². The lowest BCUT2D eigenvalue weighted by Gasteiger charge is -2.26. The van der Waals surface area contributed by atoms with Crippen molar-refractivity contribution in [2.45, 2.75) is 0 Å². The van der Waals surface area contributed by atoms with E-state index in [9.17, 15) is 0 Å². The summed E-state index contributed by atoms with van der Waals surface area (Å²) in [5.74, 6) is 0.640. The zero-order chi connectivity index (χ0) is 33.3. The van der Waals surface area contributed by atoms with Gasteiger partial charge in [-0.25, -0.2) is 4.98 Å². The number of anilines is 3. The van der Waals surface area contributed by atoms with Crippen LogP contribution in [-0.4, -0.2) is 4.98 Å². The van der Waals surface area contributed by atoms with E-state index in [2.05, 4.69) is 163 Å². The maximum absolute atomic E-state index is 6.13. The third-order valence-electron chi connectivity index (χ3n) is 9.32. The zero-order valence-electron chi connectivity index (χ0n) is 27.3. The molecule has 0 spiro atoms. The van der Waals surface area contributed by atoms with Crippen LogP contribution in [0.1, 0.15) is 0 Å². The highest BCUT2D eigenvalue weighted by Crippen LogP contribution is 2.38.